The van der Waals surface area contributed by atoms with Crippen LogP contribution < -0.4 is 5.48 Å². The van der Waals surface area contributed by atoms with Crippen LogP contribution in [0.4, 0.5) is 5.82 Å². The highest BCUT2D eigenvalue weighted by atomic mass is 32.2. The first-order valence-electron chi connectivity index (χ1n) is 6.61. The SMILES string of the molecule is CSc1nc2ccnn2c(NOCC2CCOC2)c1C#N. The van der Waals surface area contributed by atoms with E-state index in [2.05, 4.69) is 21.6 Å². The smallest absolute Gasteiger partial charge is 0.174 e. The van der Waals surface area contributed by atoms with Crippen LogP contribution in [0.3, 0.4) is 0 Å². The largest absolute Gasteiger partial charge is 0.381 e. The van der Waals surface area contributed by atoms with Gasteiger partial charge in [-0.05, 0) is 12.7 Å². The maximum atomic E-state index is 9.38. The van der Waals surface area contributed by atoms with Crippen molar-refractivity contribution in [3.63, 3.8) is 0 Å². The standard InChI is InChI=1S/C13H15N5O2S/c1-21-13-10(6-14)12(18-11(16-13)2-4-15-18)17-20-8-9-3-5-19-7-9/h2,4,9,17H,3,5,7-8H2,1H3. The molecule has 1 aliphatic heterocycles. The third-order valence-electron chi connectivity index (χ3n) is 3.32. The molecule has 8 heteroatoms. The van der Waals surface area contributed by atoms with Crippen molar-refractivity contribution in [3.05, 3.63) is 17.8 Å². The van der Waals surface area contributed by atoms with Crippen molar-refractivity contribution in [2.24, 2.45) is 5.92 Å². The van der Waals surface area contributed by atoms with E-state index in [1.54, 1.807) is 16.8 Å². The molecule has 2 aromatic rings. The van der Waals surface area contributed by atoms with Crippen LogP contribution in [0.25, 0.3) is 5.65 Å². The van der Waals surface area contributed by atoms with E-state index in [0.29, 0.717) is 34.6 Å². The topological polar surface area (TPSA) is 84.5 Å². The third kappa shape index (κ3) is 2.81. The van der Waals surface area contributed by atoms with Crippen molar-refractivity contribution < 1.29 is 9.57 Å². The third-order valence-corrected chi connectivity index (χ3v) is 4.00. The summed E-state index contributed by atoms with van der Waals surface area (Å²) in [6.45, 7) is 2.04. The molecule has 1 N–H and O–H groups in total. The fourth-order valence-corrected chi connectivity index (χ4v) is 2.74. The van der Waals surface area contributed by atoms with Gasteiger partial charge in [-0.25, -0.2) is 10.5 Å². The molecule has 0 radical (unpaired) electrons. The van der Waals surface area contributed by atoms with Gasteiger partial charge >= 0.3 is 0 Å². The molecule has 3 rings (SSSR count). The van der Waals surface area contributed by atoms with Crippen molar-refractivity contribution in [1.82, 2.24) is 14.6 Å². The van der Waals surface area contributed by atoms with E-state index >= 15 is 0 Å². The number of anilines is 1. The Morgan fingerprint density at radius 2 is 2.57 bits per heavy atom. The maximum absolute atomic E-state index is 9.38. The number of ether oxygens (including phenoxy) is 1. The first-order chi connectivity index (χ1) is 10.3. The van der Waals surface area contributed by atoms with E-state index in [1.165, 1.54) is 11.8 Å². The van der Waals surface area contributed by atoms with Crippen molar-refractivity contribution in [3.8, 4) is 6.07 Å². The van der Waals surface area contributed by atoms with E-state index in [0.717, 1.165) is 19.6 Å². The summed E-state index contributed by atoms with van der Waals surface area (Å²) in [7, 11) is 0. The van der Waals surface area contributed by atoms with E-state index in [-0.39, 0.29) is 0 Å². The van der Waals surface area contributed by atoms with Gasteiger partial charge in [0, 0.05) is 18.6 Å². The average molecular weight is 305 g/mol. The number of aromatic nitrogens is 3. The predicted molar refractivity (Wildman–Crippen MR) is 78.0 cm³/mol. The van der Waals surface area contributed by atoms with Crippen LogP contribution in [0.2, 0.25) is 0 Å². The molecular weight excluding hydrogens is 290 g/mol. The number of nitrogens with one attached hydrogen (secondary N) is 1. The van der Waals surface area contributed by atoms with Crippen LogP contribution >= 0.6 is 11.8 Å². The van der Waals surface area contributed by atoms with Gasteiger partial charge in [0.2, 0.25) is 0 Å². The van der Waals surface area contributed by atoms with Gasteiger partial charge in [0.05, 0.1) is 19.4 Å². The fraction of sp³-hybridized carbons (Fsp3) is 0.462. The first-order valence-corrected chi connectivity index (χ1v) is 7.83. The van der Waals surface area contributed by atoms with Crippen molar-refractivity contribution in [2.75, 3.05) is 31.6 Å². The predicted octanol–water partition coefficient (Wildman–Crippen LogP) is 1.70. The summed E-state index contributed by atoms with van der Waals surface area (Å²) in [4.78, 5) is 9.94. The van der Waals surface area contributed by atoms with Crippen LogP contribution in [-0.2, 0) is 9.57 Å². The van der Waals surface area contributed by atoms with Gasteiger partial charge in [-0.3, -0.25) is 4.84 Å². The Kier molecular flexibility index (Phi) is 4.24. The van der Waals surface area contributed by atoms with Crippen LogP contribution in [0.1, 0.15) is 12.0 Å². The lowest BCUT2D eigenvalue weighted by molar-refractivity contribution is 0.126. The molecule has 1 fully saturated rings. The summed E-state index contributed by atoms with van der Waals surface area (Å²) >= 11 is 1.42. The number of hydrogen-bond donors (Lipinski definition) is 1. The molecule has 0 aliphatic carbocycles. The zero-order valence-corrected chi connectivity index (χ0v) is 12.4. The lowest BCUT2D eigenvalue weighted by atomic mass is 10.1. The van der Waals surface area contributed by atoms with Crippen LogP contribution in [0.15, 0.2) is 17.3 Å². The van der Waals surface area contributed by atoms with Crippen molar-refractivity contribution in [1.29, 1.82) is 5.26 Å². The van der Waals surface area contributed by atoms with E-state index in [4.69, 9.17) is 9.57 Å². The first kappa shape index (κ1) is 14.1. The number of rotatable bonds is 5. The van der Waals surface area contributed by atoms with E-state index < -0.39 is 0 Å². The lowest BCUT2D eigenvalue weighted by Crippen LogP contribution is -2.16. The minimum atomic E-state index is 0.387. The summed E-state index contributed by atoms with van der Waals surface area (Å²) in [6, 6.07) is 3.95. The molecule has 1 atom stereocenters. The Labute approximate surface area is 126 Å². The molecule has 1 aliphatic rings. The summed E-state index contributed by atoms with van der Waals surface area (Å²) in [6.07, 6.45) is 4.52. The highest BCUT2D eigenvalue weighted by Crippen LogP contribution is 2.26. The summed E-state index contributed by atoms with van der Waals surface area (Å²) in [5.41, 5.74) is 3.97. The van der Waals surface area contributed by atoms with Gasteiger partial charge in [-0.15, -0.1) is 11.8 Å². The van der Waals surface area contributed by atoms with Gasteiger partial charge in [0.1, 0.15) is 16.7 Å². The molecule has 1 unspecified atom stereocenters. The highest BCUT2D eigenvalue weighted by molar-refractivity contribution is 7.98. The number of fused-ring (bicyclic) bond motifs is 1. The Morgan fingerprint density at radius 1 is 1.67 bits per heavy atom. The van der Waals surface area contributed by atoms with Crippen molar-refractivity contribution >= 4 is 23.2 Å². The van der Waals surface area contributed by atoms with E-state index in [9.17, 15) is 5.26 Å². The molecule has 0 saturated carbocycles. The summed E-state index contributed by atoms with van der Waals surface area (Å²) < 4.78 is 6.88. The molecule has 0 amide bonds. The molecule has 7 nitrogen and oxygen atoms in total. The highest BCUT2D eigenvalue weighted by Gasteiger charge is 2.18. The molecule has 3 heterocycles. The average Bonchev–Trinajstić information content (AvgIpc) is 3.17. The molecule has 0 bridgehead atoms. The Balaban J connectivity index is 1.84. The zero-order chi connectivity index (χ0) is 14.7. The Hall–Kier alpha value is -1.82. The van der Waals surface area contributed by atoms with Crippen LogP contribution in [0, 0.1) is 17.2 Å². The second kappa shape index (κ2) is 6.30. The summed E-state index contributed by atoms with van der Waals surface area (Å²) in [5.74, 6) is 0.897. The second-order valence-corrected chi connectivity index (χ2v) is 5.50. The molecule has 1 saturated heterocycles. The lowest BCUT2D eigenvalue weighted by Gasteiger charge is -2.13. The van der Waals surface area contributed by atoms with Gasteiger partial charge < -0.3 is 4.74 Å². The van der Waals surface area contributed by atoms with Gasteiger partial charge in [-0.2, -0.15) is 14.9 Å². The normalized spacial score (nSPS) is 18.0. The molecule has 0 aromatic carbocycles. The van der Waals surface area contributed by atoms with Gasteiger partial charge in [0.15, 0.2) is 11.5 Å². The second-order valence-electron chi connectivity index (χ2n) is 4.70. The number of thioether (sulfide) groups is 1. The molecule has 2 aromatic heterocycles. The van der Waals surface area contributed by atoms with Crippen molar-refractivity contribution in [2.45, 2.75) is 11.4 Å². The summed E-state index contributed by atoms with van der Waals surface area (Å²) in [5, 5.41) is 14.2. The van der Waals surface area contributed by atoms with Crippen LogP contribution in [-0.4, -0.2) is 40.7 Å². The Morgan fingerprint density at radius 3 is 3.29 bits per heavy atom. The van der Waals surface area contributed by atoms with Gasteiger partial charge in [0.25, 0.3) is 0 Å². The molecule has 21 heavy (non-hydrogen) atoms. The van der Waals surface area contributed by atoms with Gasteiger partial charge in [-0.1, -0.05) is 0 Å². The molecule has 110 valence electrons. The van der Waals surface area contributed by atoms with E-state index in [1.807, 2.05) is 6.26 Å². The number of hydrogen-bond acceptors (Lipinski definition) is 7. The molecule has 0 spiro atoms. The van der Waals surface area contributed by atoms with Crippen LogP contribution in [0.5, 0.6) is 0 Å². The maximum Gasteiger partial charge on any atom is 0.174 e. The number of nitrogens with zero attached hydrogens (tertiary/aromatic N) is 4. The quantitative estimate of drug-likeness (QED) is 0.511. The zero-order valence-electron chi connectivity index (χ0n) is 11.6. The minimum Gasteiger partial charge on any atom is -0.381 e. The number of nitriles is 1. The monoisotopic (exact) mass is 305 g/mol. The molecular formula is C13H15N5O2S. The fourth-order valence-electron chi connectivity index (χ4n) is 2.21. The Bertz CT molecular complexity index is 675. The minimum absolute atomic E-state index is 0.387.